The van der Waals surface area contributed by atoms with E-state index in [4.69, 9.17) is 5.73 Å². The second-order valence-corrected chi connectivity index (χ2v) is 4.63. The van der Waals surface area contributed by atoms with Crippen LogP contribution in [0.5, 0.6) is 0 Å². The summed E-state index contributed by atoms with van der Waals surface area (Å²) in [5.41, 5.74) is 6.50. The second-order valence-electron chi connectivity index (χ2n) is 4.63. The number of fused-ring (bicyclic) bond motifs is 1. The number of nitrogen functional groups attached to an aromatic ring is 1. The Morgan fingerprint density at radius 3 is 2.67 bits per heavy atom. The first-order chi connectivity index (χ1) is 9.86. The van der Waals surface area contributed by atoms with Gasteiger partial charge in [-0.1, -0.05) is 0 Å². The van der Waals surface area contributed by atoms with Crippen LogP contribution in [-0.2, 0) is 19.8 Å². The van der Waals surface area contributed by atoms with Gasteiger partial charge < -0.3 is 14.9 Å². The van der Waals surface area contributed by atoms with Gasteiger partial charge in [0.25, 0.3) is 0 Å². The van der Waals surface area contributed by atoms with Crippen LogP contribution in [0.15, 0.2) is 24.5 Å². The number of hydrogen-bond acceptors (Lipinski definition) is 4. The van der Waals surface area contributed by atoms with Gasteiger partial charge in [0, 0.05) is 12.7 Å². The van der Waals surface area contributed by atoms with E-state index in [9.17, 15) is 13.2 Å². The lowest BCUT2D eigenvalue weighted by molar-refractivity contribution is -0.146. The molecule has 0 aliphatic carbocycles. The number of imidazole rings is 1. The van der Waals surface area contributed by atoms with Crippen molar-refractivity contribution in [1.82, 2.24) is 24.3 Å². The monoisotopic (exact) mass is 296 g/mol. The molecule has 0 aliphatic rings. The highest BCUT2D eigenvalue weighted by Crippen LogP contribution is 2.32. The Kier molecular flexibility index (Phi) is 2.85. The Hall–Kier alpha value is -2.58. The molecule has 0 atom stereocenters. The normalized spacial score (nSPS) is 12.2. The van der Waals surface area contributed by atoms with Gasteiger partial charge in [-0.2, -0.15) is 13.2 Å². The van der Waals surface area contributed by atoms with Crippen molar-refractivity contribution in [2.45, 2.75) is 12.7 Å². The lowest BCUT2D eigenvalue weighted by atomic mass is 10.3. The first kappa shape index (κ1) is 13.4. The van der Waals surface area contributed by atoms with Crippen molar-refractivity contribution in [2.75, 3.05) is 5.73 Å². The molecule has 3 aromatic rings. The van der Waals surface area contributed by atoms with E-state index in [2.05, 4.69) is 15.2 Å². The van der Waals surface area contributed by atoms with Crippen LogP contribution in [-0.4, -0.2) is 24.3 Å². The fourth-order valence-electron chi connectivity index (χ4n) is 2.11. The van der Waals surface area contributed by atoms with Crippen LogP contribution in [0.4, 0.5) is 18.9 Å². The Bertz CT molecular complexity index is 801. The molecule has 0 saturated carbocycles. The predicted octanol–water partition coefficient (Wildman–Crippen LogP) is 1.81. The molecule has 0 amide bonds. The Morgan fingerprint density at radius 1 is 1.29 bits per heavy atom. The number of hydrogen-bond donors (Lipinski definition) is 1. The minimum Gasteiger partial charge on any atom is -0.399 e. The maximum absolute atomic E-state index is 13.2. The average molecular weight is 296 g/mol. The van der Waals surface area contributed by atoms with Gasteiger partial charge >= 0.3 is 6.18 Å². The van der Waals surface area contributed by atoms with Crippen LogP contribution in [0.3, 0.4) is 0 Å². The van der Waals surface area contributed by atoms with E-state index in [-0.39, 0.29) is 12.1 Å². The van der Waals surface area contributed by atoms with Crippen molar-refractivity contribution in [3.63, 3.8) is 0 Å². The molecule has 0 unspecified atom stereocenters. The summed E-state index contributed by atoms with van der Waals surface area (Å²) >= 11 is 0. The van der Waals surface area contributed by atoms with E-state index >= 15 is 0 Å². The van der Waals surface area contributed by atoms with E-state index in [1.807, 2.05) is 0 Å². The first-order valence-electron chi connectivity index (χ1n) is 6.02. The number of alkyl halides is 3. The van der Waals surface area contributed by atoms with Crippen LogP contribution in [0.1, 0.15) is 11.6 Å². The van der Waals surface area contributed by atoms with Crippen molar-refractivity contribution in [2.24, 2.45) is 7.05 Å². The van der Waals surface area contributed by atoms with Gasteiger partial charge in [-0.3, -0.25) is 0 Å². The molecule has 0 bridgehead atoms. The molecule has 2 N–H and O–H groups in total. The van der Waals surface area contributed by atoms with E-state index in [1.165, 1.54) is 24.5 Å². The highest BCUT2D eigenvalue weighted by atomic mass is 19.4. The number of nitrogens with zero attached hydrogens (tertiary/aromatic N) is 5. The van der Waals surface area contributed by atoms with Crippen LogP contribution in [0.25, 0.3) is 11.0 Å². The summed E-state index contributed by atoms with van der Waals surface area (Å²) in [6.45, 7) is -0.0776. The molecular formula is C12H11F3N6. The highest BCUT2D eigenvalue weighted by molar-refractivity contribution is 5.79. The third kappa shape index (κ3) is 2.30. The van der Waals surface area contributed by atoms with Crippen molar-refractivity contribution >= 4 is 16.7 Å². The highest BCUT2D eigenvalue weighted by Gasteiger charge is 2.37. The van der Waals surface area contributed by atoms with Crippen LogP contribution in [0.2, 0.25) is 0 Å². The van der Waals surface area contributed by atoms with E-state index in [0.717, 1.165) is 4.57 Å². The zero-order valence-corrected chi connectivity index (χ0v) is 11.0. The third-order valence-electron chi connectivity index (χ3n) is 3.13. The molecule has 0 saturated heterocycles. The zero-order valence-electron chi connectivity index (χ0n) is 11.0. The molecule has 21 heavy (non-hydrogen) atoms. The van der Waals surface area contributed by atoms with Gasteiger partial charge in [0.15, 0.2) is 5.82 Å². The molecule has 3 rings (SSSR count). The van der Waals surface area contributed by atoms with Crippen LogP contribution < -0.4 is 5.73 Å². The minimum atomic E-state index is -4.56. The third-order valence-corrected chi connectivity index (χ3v) is 3.13. The summed E-state index contributed by atoms with van der Waals surface area (Å²) in [6, 6.07) is 4.47. The number of aryl methyl sites for hydroxylation is 1. The molecule has 2 aromatic heterocycles. The molecule has 1 aromatic carbocycles. The molecule has 9 heteroatoms. The van der Waals surface area contributed by atoms with Crippen molar-refractivity contribution < 1.29 is 13.2 Å². The number of halogens is 3. The smallest absolute Gasteiger partial charge is 0.399 e. The summed E-state index contributed by atoms with van der Waals surface area (Å²) in [6.07, 6.45) is -3.13. The summed E-state index contributed by atoms with van der Waals surface area (Å²) in [5.74, 6) is -0.581. The summed E-state index contributed by atoms with van der Waals surface area (Å²) in [7, 11) is 1.67. The quantitative estimate of drug-likeness (QED) is 0.732. The SMILES string of the molecule is Cn1cnnc1Cn1c(C(F)(F)F)nc2cc(N)ccc21. The fourth-order valence-corrected chi connectivity index (χ4v) is 2.11. The maximum atomic E-state index is 13.2. The lowest BCUT2D eigenvalue weighted by Crippen LogP contribution is -2.17. The van der Waals surface area contributed by atoms with Crippen molar-refractivity contribution in [3.05, 3.63) is 36.2 Å². The maximum Gasteiger partial charge on any atom is 0.449 e. The lowest BCUT2D eigenvalue weighted by Gasteiger charge is -2.10. The Balaban J connectivity index is 2.20. The van der Waals surface area contributed by atoms with E-state index in [1.54, 1.807) is 11.6 Å². The standard InChI is InChI=1S/C12H11F3N6/c1-20-6-17-19-10(20)5-21-9-3-2-7(16)4-8(9)18-11(21)12(13,14)15/h2-4,6H,5,16H2,1H3. The second kappa shape index (κ2) is 4.47. The molecular weight excluding hydrogens is 285 g/mol. The van der Waals surface area contributed by atoms with Crippen molar-refractivity contribution in [3.8, 4) is 0 Å². The van der Waals surface area contributed by atoms with Crippen LogP contribution >= 0.6 is 0 Å². The molecule has 0 fully saturated rings. The number of benzene rings is 1. The van der Waals surface area contributed by atoms with Crippen LogP contribution in [0, 0.1) is 0 Å². The first-order valence-corrected chi connectivity index (χ1v) is 6.02. The van der Waals surface area contributed by atoms with Gasteiger partial charge in [-0.05, 0) is 18.2 Å². The molecule has 0 aliphatic heterocycles. The summed E-state index contributed by atoms with van der Waals surface area (Å²) in [5, 5.41) is 7.48. The van der Waals surface area contributed by atoms with Gasteiger partial charge in [0.05, 0.1) is 17.6 Å². The number of anilines is 1. The summed E-state index contributed by atoms with van der Waals surface area (Å²) in [4.78, 5) is 3.66. The van der Waals surface area contributed by atoms with Gasteiger partial charge in [0.1, 0.15) is 6.33 Å². The largest absolute Gasteiger partial charge is 0.449 e. The molecule has 110 valence electrons. The fraction of sp³-hybridized carbons (Fsp3) is 0.250. The molecule has 0 radical (unpaired) electrons. The Labute approximate surface area is 117 Å². The number of aromatic nitrogens is 5. The zero-order chi connectivity index (χ0) is 15.2. The molecule has 6 nitrogen and oxygen atoms in total. The molecule has 0 spiro atoms. The van der Waals surface area contributed by atoms with E-state index in [0.29, 0.717) is 17.0 Å². The van der Waals surface area contributed by atoms with Gasteiger partial charge in [-0.25, -0.2) is 4.98 Å². The minimum absolute atomic E-state index is 0.0776. The van der Waals surface area contributed by atoms with Gasteiger partial charge in [0.2, 0.25) is 5.82 Å². The van der Waals surface area contributed by atoms with Crippen molar-refractivity contribution in [1.29, 1.82) is 0 Å². The number of rotatable bonds is 2. The summed E-state index contributed by atoms with van der Waals surface area (Å²) < 4.78 is 42.1. The predicted molar refractivity (Wildman–Crippen MR) is 69.3 cm³/mol. The van der Waals surface area contributed by atoms with Gasteiger partial charge in [-0.15, -0.1) is 10.2 Å². The molecule has 2 heterocycles. The number of nitrogens with two attached hydrogens (primary N) is 1. The topological polar surface area (TPSA) is 74.5 Å². The average Bonchev–Trinajstić information content (AvgIpc) is 2.94. The Morgan fingerprint density at radius 2 is 2.05 bits per heavy atom. The van der Waals surface area contributed by atoms with E-state index < -0.39 is 12.0 Å².